The Morgan fingerprint density at radius 2 is 1.90 bits per heavy atom. The monoisotopic (exact) mass is 299 g/mol. The molecule has 21 heavy (non-hydrogen) atoms. The molecule has 0 saturated heterocycles. The Hall–Kier alpha value is -2.40. The number of aromatic nitrogens is 1. The maximum absolute atomic E-state index is 11.4. The molecule has 0 aliphatic carbocycles. The molecule has 0 spiro atoms. The van der Waals surface area contributed by atoms with Crippen LogP contribution in [-0.2, 0) is 0 Å². The lowest BCUT2D eigenvalue weighted by Gasteiger charge is -2.11. The minimum atomic E-state index is 0.538. The number of carbonyl (C=O) groups excluding carboxylic acids is 1. The zero-order valence-electron chi connectivity index (χ0n) is 11.6. The van der Waals surface area contributed by atoms with Crippen molar-refractivity contribution in [2.45, 2.75) is 0 Å². The van der Waals surface area contributed by atoms with Crippen molar-refractivity contribution in [3.63, 3.8) is 0 Å². The van der Waals surface area contributed by atoms with Gasteiger partial charge in [0, 0.05) is 10.9 Å². The number of thiophene rings is 1. The standard InChI is InChI=1S/C16H13NO3S/c1-19-12-5-6-13(20-2)16-11(12)8-10(9-18)15(17-16)14-4-3-7-21-14/h3-9H,1-2H3. The van der Waals surface area contributed by atoms with Gasteiger partial charge in [0.15, 0.2) is 6.29 Å². The van der Waals surface area contributed by atoms with E-state index in [0.717, 1.165) is 16.5 Å². The van der Waals surface area contributed by atoms with E-state index in [1.165, 1.54) is 0 Å². The summed E-state index contributed by atoms with van der Waals surface area (Å²) in [5.41, 5.74) is 1.89. The van der Waals surface area contributed by atoms with E-state index >= 15 is 0 Å². The van der Waals surface area contributed by atoms with Crippen molar-refractivity contribution < 1.29 is 14.3 Å². The molecule has 2 aromatic heterocycles. The van der Waals surface area contributed by atoms with E-state index in [9.17, 15) is 4.79 Å². The highest BCUT2D eigenvalue weighted by atomic mass is 32.1. The number of carbonyl (C=O) groups is 1. The smallest absolute Gasteiger partial charge is 0.152 e. The van der Waals surface area contributed by atoms with Gasteiger partial charge in [0.05, 0.1) is 24.8 Å². The van der Waals surface area contributed by atoms with Gasteiger partial charge in [-0.2, -0.15) is 0 Å². The van der Waals surface area contributed by atoms with Crippen molar-refractivity contribution in [2.75, 3.05) is 14.2 Å². The Morgan fingerprint density at radius 1 is 1.14 bits per heavy atom. The largest absolute Gasteiger partial charge is 0.496 e. The molecule has 0 saturated carbocycles. The Kier molecular flexibility index (Phi) is 3.58. The molecule has 0 unspecified atom stereocenters. The van der Waals surface area contributed by atoms with Crippen molar-refractivity contribution in [1.29, 1.82) is 0 Å². The maximum atomic E-state index is 11.4. The van der Waals surface area contributed by atoms with E-state index in [1.54, 1.807) is 31.6 Å². The lowest BCUT2D eigenvalue weighted by Crippen LogP contribution is -1.96. The van der Waals surface area contributed by atoms with Crippen LogP contribution in [0.2, 0.25) is 0 Å². The van der Waals surface area contributed by atoms with Crippen LogP contribution in [-0.4, -0.2) is 25.5 Å². The summed E-state index contributed by atoms with van der Waals surface area (Å²) in [6, 6.07) is 9.29. The van der Waals surface area contributed by atoms with Crippen LogP contribution in [0, 0.1) is 0 Å². The Labute approximate surface area is 126 Å². The van der Waals surface area contributed by atoms with E-state index in [0.29, 0.717) is 28.3 Å². The van der Waals surface area contributed by atoms with Crippen LogP contribution in [0.1, 0.15) is 10.4 Å². The molecule has 0 atom stereocenters. The van der Waals surface area contributed by atoms with Gasteiger partial charge < -0.3 is 9.47 Å². The number of pyridine rings is 1. The van der Waals surface area contributed by atoms with Crippen molar-refractivity contribution in [3.8, 4) is 22.1 Å². The van der Waals surface area contributed by atoms with Gasteiger partial charge in [-0.15, -0.1) is 11.3 Å². The second-order valence-corrected chi connectivity index (χ2v) is 5.34. The van der Waals surface area contributed by atoms with Crippen LogP contribution in [0.4, 0.5) is 0 Å². The SMILES string of the molecule is COc1ccc(OC)c2nc(-c3cccs3)c(C=O)cc12. The number of benzene rings is 1. The molecule has 0 amide bonds. The minimum absolute atomic E-state index is 0.538. The van der Waals surface area contributed by atoms with Crippen LogP contribution in [0.25, 0.3) is 21.5 Å². The first-order valence-corrected chi connectivity index (χ1v) is 7.21. The van der Waals surface area contributed by atoms with E-state index in [-0.39, 0.29) is 0 Å². The Morgan fingerprint density at radius 3 is 2.52 bits per heavy atom. The van der Waals surface area contributed by atoms with Gasteiger partial charge in [0.1, 0.15) is 17.0 Å². The van der Waals surface area contributed by atoms with Gasteiger partial charge in [0.2, 0.25) is 0 Å². The van der Waals surface area contributed by atoms with Crippen LogP contribution < -0.4 is 9.47 Å². The number of ether oxygens (including phenoxy) is 2. The predicted octanol–water partition coefficient (Wildman–Crippen LogP) is 3.79. The number of fused-ring (bicyclic) bond motifs is 1. The number of methoxy groups -OCH3 is 2. The highest BCUT2D eigenvalue weighted by Crippen LogP contribution is 2.36. The molecule has 1 aromatic carbocycles. The van der Waals surface area contributed by atoms with Crippen LogP contribution >= 0.6 is 11.3 Å². The number of hydrogen-bond donors (Lipinski definition) is 0. The molecule has 0 aliphatic rings. The fourth-order valence-corrected chi connectivity index (χ4v) is 3.00. The molecule has 0 fully saturated rings. The average Bonchev–Trinajstić information content (AvgIpc) is 3.06. The molecular formula is C16H13NO3S. The summed E-state index contributed by atoms with van der Waals surface area (Å²) >= 11 is 1.54. The maximum Gasteiger partial charge on any atom is 0.152 e. The summed E-state index contributed by atoms with van der Waals surface area (Å²) in [6.07, 6.45) is 0.820. The summed E-state index contributed by atoms with van der Waals surface area (Å²) in [5.74, 6) is 1.32. The van der Waals surface area contributed by atoms with E-state index in [1.807, 2.05) is 29.6 Å². The zero-order valence-corrected chi connectivity index (χ0v) is 12.4. The van der Waals surface area contributed by atoms with Crippen LogP contribution in [0.15, 0.2) is 35.7 Å². The molecule has 0 bridgehead atoms. The molecule has 4 nitrogen and oxygen atoms in total. The van der Waals surface area contributed by atoms with Gasteiger partial charge in [-0.25, -0.2) is 4.98 Å². The normalized spacial score (nSPS) is 10.6. The van der Waals surface area contributed by atoms with Gasteiger partial charge >= 0.3 is 0 Å². The van der Waals surface area contributed by atoms with Gasteiger partial charge in [-0.3, -0.25) is 4.79 Å². The second kappa shape index (κ2) is 5.54. The molecule has 2 heterocycles. The fourth-order valence-electron chi connectivity index (χ4n) is 2.27. The first-order valence-electron chi connectivity index (χ1n) is 6.33. The third-order valence-electron chi connectivity index (χ3n) is 3.26. The molecule has 106 valence electrons. The first-order chi connectivity index (χ1) is 10.3. The number of aldehydes is 1. The molecular weight excluding hydrogens is 286 g/mol. The van der Waals surface area contributed by atoms with E-state index < -0.39 is 0 Å². The number of nitrogens with zero attached hydrogens (tertiary/aromatic N) is 1. The molecule has 3 rings (SSSR count). The lowest BCUT2D eigenvalue weighted by atomic mass is 10.1. The molecule has 5 heteroatoms. The molecule has 0 aliphatic heterocycles. The van der Waals surface area contributed by atoms with Crippen molar-refractivity contribution in [3.05, 3.63) is 41.3 Å². The zero-order chi connectivity index (χ0) is 14.8. The van der Waals surface area contributed by atoms with Gasteiger partial charge in [0.25, 0.3) is 0 Å². The highest BCUT2D eigenvalue weighted by Gasteiger charge is 2.15. The van der Waals surface area contributed by atoms with Crippen LogP contribution in [0.3, 0.4) is 0 Å². The summed E-state index contributed by atoms with van der Waals surface area (Å²) in [6.45, 7) is 0. The third-order valence-corrected chi connectivity index (χ3v) is 4.13. The topological polar surface area (TPSA) is 48.4 Å². The Balaban J connectivity index is 2.38. The fraction of sp³-hybridized carbons (Fsp3) is 0.125. The van der Waals surface area contributed by atoms with Crippen molar-refractivity contribution >= 4 is 28.5 Å². The quantitative estimate of drug-likeness (QED) is 0.688. The molecule has 0 N–H and O–H groups in total. The summed E-state index contributed by atoms with van der Waals surface area (Å²) in [4.78, 5) is 17.0. The van der Waals surface area contributed by atoms with Gasteiger partial charge in [-0.05, 0) is 29.6 Å². The minimum Gasteiger partial charge on any atom is -0.496 e. The van der Waals surface area contributed by atoms with E-state index in [4.69, 9.17) is 9.47 Å². The number of rotatable bonds is 4. The van der Waals surface area contributed by atoms with Gasteiger partial charge in [-0.1, -0.05) is 6.07 Å². The summed E-state index contributed by atoms with van der Waals surface area (Å²) < 4.78 is 10.7. The number of hydrogen-bond acceptors (Lipinski definition) is 5. The highest BCUT2D eigenvalue weighted by molar-refractivity contribution is 7.13. The summed E-state index contributed by atoms with van der Waals surface area (Å²) in [5, 5.41) is 2.72. The second-order valence-electron chi connectivity index (χ2n) is 4.39. The van der Waals surface area contributed by atoms with E-state index in [2.05, 4.69) is 4.98 Å². The first kappa shape index (κ1) is 13.6. The molecule has 3 aromatic rings. The predicted molar refractivity (Wildman–Crippen MR) is 83.5 cm³/mol. The van der Waals surface area contributed by atoms with Crippen LogP contribution in [0.5, 0.6) is 11.5 Å². The van der Waals surface area contributed by atoms with Crippen molar-refractivity contribution in [1.82, 2.24) is 4.98 Å². The lowest BCUT2D eigenvalue weighted by molar-refractivity contribution is 0.112. The Bertz CT molecular complexity index is 797. The summed E-state index contributed by atoms with van der Waals surface area (Å²) in [7, 11) is 3.19. The molecule has 0 radical (unpaired) electrons. The van der Waals surface area contributed by atoms with Crippen molar-refractivity contribution in [2.24, 2.45) is 0 Å². The third kappa shape index (κ3) is 2.25. The average molecular weight is 299 g/mol.